The van der Waals surface area contributed by atoms with Crippen LogP contribution in [0.3, 0.4) is 0 Å². The molecule has 0 radical (unpaired) electrons. The van der Waals surface area contributed by atoms with Crippen LogP contribution in [0.15, 0.2) is 42.5 Å². The zero-order valence-corrected chi connectivity index (χ0v) is 14.6. The van der Waals surface area contributed by atoms with Crippen molar-refractivity contribution >= 4 is 23.2 Å². The first-order chi connectivity index (χ1) is 9.85. The van der Waals surface area contributed by atoms with E-state index in [4.69, 9.17) is 23.2 Å². The summed E-state index contributed by atoms with van der Waals surface area (Å²) in [5, 5.41) is 0.641. The summed E-state index contributed by atoms with van der Waals surface area (Å²) in [7, 11) is 0. The van der Waals surface area contributed by atoms with Crippen molar-refractivity contribution in [1.82, 2.24) is 0 Å². The highest BCUT2D eigenvalue weighted by atomic mass is 35.5. The van der Waals surface area contributed by atoms with Gasteiger partial charge in [0.15, 0.2) is 0 Å². The molecule has 0 spiro atoms. The Labute approximate surface area is 138 Å². The predicted octanol–water partition coefficient (Wildman–Crippen LogP) is 6.66. The van der Waals surface area contributed by atoms with E-state index in [0.717, 1.165) is 28.1 Å². The highest BCUT2D eigenvalue weighted by Crippen LogP contribution is 2.33. The van der Waals surface area contributed by atoms with Gasteiger partial charge in [0.1, 0.15) is 0 Å². The van der Waals surface area contributed by atoms with Crippen molar-refractivity contribution in [3.05, 3.63) is 69.7 Å². The topological polar surface area (TPSA) is 0 Å². The van der Waals surface area contributed by atoms with Crippen LogP contribution < -0.4 is 0 Å². The molecule has 0 amide bonds. The zero-order valence-electron chi connectivity index (χ0n) is 13.1. The summed E-state index contributed by atoms with van der Waals surface area (Å²) in [6.07, 6.45) is 1.12. The highest BCUT2D eigenvalue weighted by molar-refractivity contribution is 6.31. The molecule has 0 saturated carbocycles. The highest BCUT2D eigenvalue weighted by Gasteiger charge is 2.19. The Hall–Kier alpha value is -0.980. The molecule has 112 valence electrons. The standard InChI is InChI=1S/C19H22Cl2/c1-5-19(3,4)16-9-6-14(7-10-16)18(21)15-8-11-17(20)13(2)12-15/h6-12,18H,5H2,1-4H3. The Morgan fingerprint density at radius 3 is 2.10 bits per heavy atom. The molecule has 2 aromatic rings. The second kappa shape index (κ2) is 6.42. The maximum Gasteiger partial charge on any atom is 0.0835 e. The SMILES string of the molecule is CCC(C)(C)c1ccc(C(Cl)c2ccc(Cl)c(C)c2)cc1. The molecule has 0 aliphatic rings. The number of hydrogen-bond acceptors (Lipinski definition) is 0. The monoisotopic (exact) mass is 320 g/mol. The molecule has 0 aliphatic carbocycles. The fourth-order valence-corrected chi connectivity index (χ4v) is 2.72. The number of alkyl halides is 1. The van der Waals surface area contributed by atoms with Crippen molar-refractivity contribution in [2.24, 2.45) is 0 Å². The van der Waals surface area contributed by atoms with E-state index in [2.05, 4.69) is 51.1 Å². The fraction of sp³-hybridized carbons (Fsp3) is 0.368. The number of halogens is 2. The van der Waals surface area contributed by atoms with Crippen molar-refractivity contribution in [3.63, 3.8) is 0 Å². The molecular formula is C19H22Cl2. The van der Waals surface area contributed by atoms with Gasteiger partial charge in [-0.15, -0.1) is 11.6 Å². The second-order valence-corrected chi connectivity index (χ2v) is 7.07. The zero-order chi connectivity index (χ0) is 15.6. The lowest BCUT2D eigenvalue weighted by Gasteiger charge is -2.24. The van der Waals surface area contributed by atoms with Crippen LogP contribution in [0.5, 0.6) is 0 Å². The molecule has 2 heteroatoms. The first-order valence-electron chi connectivity index (χ1n) is 7.35. The quantitative estimate of drug-likeness (QED) is 0.552. The van der Waals surface area contributed by atoms with E-state index in [9.17, 15) is 0 Å². The maximum absolute atomic E-state index is 6.61. The third kappa shape index (κ3) is 3.62. The lowest BCUT2D eigenvalue weighted by atomic mass is 9.82. The van der Waals surface area contributed by atoms with E-state index in [1.165, 1.54) is 5.56 Å². The fourth-order valence-electron chi connectivity index (χ4n) is 2.33. The molecule has 2 rings (SSSR count). The molecule has 0 aromatic heterocycles. The molecule has 1 unspecified atom stereocenters. The summed E-state index contributed by atoms with van der Waals surface area (Å²) in [4.78, 5) is 0. The van der Waals surface area contributed by atoms with Crippen LogP contribution in [0.4, 0.5) is 0 Å². The molecule has 0 fully saturated rings. The third-order valence-corrected chi connectivity index (χ3v) is 5.27. The molecule has 0 saturated heterocycles. The minimum atomic E-state index is -0.139. The number of rotatable bonds is 4. The smallest absolute Gasteiger partial charge is 0.0835 e. The lowest BCUT2D eigenvalue weighted by Crippen LogP contribution is -2.15. The number of benzene rings is 2. The average molecular weight is 321 g/mol. The Bertz CT molecular complexity index is 612. The van der Waals surface area contributed by atoms with Gasteiger partial charge in [-0.25, -0.2) is 0 Å². The van der Waals surface area contributed by atoms with Gasteiger partial charge in [0.25, 0.3) is 0 Å². The van der Waals surface area contributed by atoms with Crippen LogP contribution in [0.25, 0.3) is 0 Å². The van der Waals surface area contributed by atoms with Crippen LogP contribution in [-0.2, 0) is 5.41 Å². The minimum absolute atomic E-state index is 0.139. The van der Waals surface area contributed by atoms with Crippen LogP contribution in [0, 0.1) is 6.92 Å². The first-order valence-corrected chi connectivity index (χ1v) is 8.17. The van der Waals surface area contributed by atoms with Crippen LogP contribution >= 0.6 is 23.2 Å². The molecule has 0 heterocycles. The van der Waals surface area contributed by atoms with E-state index < -0.39 is 0 Å². The summed E-state index contributed by atoms with van der Waals surface area (Å²) in [6, 6.07) is 14.6. The van der Waals surface area contributed by atoms with E-state index >= 15 is 0 Å². The lowest BCUT2D eigenvalue weighted by molar-refractivity contribution is 0.506. The predicted molar refractivity (Wildman–Crippen MR) is 93.6 cm³/mol. The first kappa shape index (κ1) is 16.4. The normalized spacial score (nSPS) is 13.2. The number of aryl methyl sites for hydroxylation is 1. The summed E-state index contributed by atoms with van der Waals surface area (Å²) in [5.41, 5.74) is 4.82. The van der Waals surface area contributed by atoms with Gasteiger partial charge in [0.2, 0.25) is 0 Å². The van der Waals surface area contributed by atoms with Gasteiger partial charge in [0, 0.05) is 5.02 Å². The van der Waals surface area contributed by atoms with E-state index in [1.807, 2.05) is 19.1 Å². The van der Waals surface area contributed by atoms with Gasteiger partial charge < -0.3 is 0 Å². The molecule has 1 atom stereocenters. The summed E-state index contributed by atoms with van der Waals surface area (Å²) >= 11 is 12.7. The van der Waals surface area contributed by atoms with Crippen molar-refractivity contribution < 1.29 is 0 Å². The Balaban J connectivity index is 2.27. The van der Waals surface area contributed by atoms with Gasteiger partial charge >= 0.3 is 0 Å². The van der Waals surface area contributed by atoms with Crippen molar-refractivity contribution in [2.45, 2.75) is 44.9 Å². The van der Waals surface area contributed by atoms with Gasteiger partial charge in [-0.1, -0.05) is 68.8 Å². The van der Waals surface area contributed by atoms with Crippen LogP contribution in [0.2, 0.25) is 5.02 Å². The van der Waals surface area contributed by atoms with E-state index in [1.54, 1.807) is 0 Å². The van der Waals surface area contributed by atoms with Crippen LogP contribution in [0.1, 0.15) is 54.8 Å². The largest absolute Gasteiger partial charge is 0.113 e. The molecule has 2 aromatic carbocycles. The number of hydrogen-bond donors (Lipinski definition) is 0. The molecule has 0 N–H and O–H groups in total. The van der Waals surface area contributed by atoms with Gasteiger partial charge in [-0.3, -0.25) is 0 Å². The Kier molecular flexibility index (Phi) is 5.01. The second-order valence-electron chi connectivity index (χ2n) is 6.23. The van der Waals surface area contributed by atoms with Gasteiger partial charge in [0.05, 0.1) is 5.38 Å². The van der Waals surface area contributed by atoms with Gasteiger partial charge in [-0.2, -0.15) is 0 Å². The molecule has 0 nitrogen and oxygen atoms in total. The van der Waals surface area contributed by atoms with E-state index in [0.29, 0.717) is 0 Å². The average Bonchev–Trinajstić information content (AvgIpc) is 2.49. The maximum atomic E-state index is 6.61. The summed E-state index contributed by atoms with van der Waals surface area (Å²) in [6.45, 7) is 8.75. The van der Waals surface area contributed by atoms with Crippen molar-refractivity contribution in [3.8, 4) is 0 Å². The Morgan fingerprint density at radius 1 is 1.00 bits per heavy atom. The van der Waals surface area contributed by atoms with Crippen LogP contribution in [-0.4, -0.2) is 0 Å². The summed E-state index contributed by atoms with van der Waals surface area (Å²) in [5.74, 6) is 0. The third-order valence-electron chi connectivity index (χ3n) is 4.34. The molecule has 0 bridgehead atoms. The minimum Gasteiger partial charge on any atom is -0.113 e. The summed E-state index contributed by atoms with van der Waals surface area (Å²) < 4.78 is 0. The molecular weight excluding hydrogens is 299 g/mol. The van der Waals surface area contributed by atoms with Crippen molar-refractivity contribution in [1.29, 1.82) is 0 Å². The Morgan fingerprint density at radius 2 is 1.57 bits per heavy atom. The van der Waals surface area contributed by atoms with E-state index in [-0.39, 0.29) is 10.8 Å². The molecule has 21 heavy (non-hydrogen) atoms. The van der Waals surface area contributed by atoms with Crippen molar-refractivity contribution in [2.75, 3.05) is 0 Å². The molecule has 0 aliphatic heterocycles. The van der Waals surface area contributed by atoms with Gasteiger partial charge in [-0.05, 0) is 47.1 Å².